The number of carbonyl (C=O) groups is 1. The Morgan fingerprint density at radius 3 is 1.68 bits per heavy atom. The van der Waals surface area contributed by atoms with Crippen LogP contribution in [0.25, 0.3) is 0 Å². The summed E-state index contributed by atoms with van der Waals surface area (Å²) in [5.41, 5.74) is 0. The maximum Gasteiger partial charge on any atom is 0.332 e. The van der Waals surface area contributed by atoms with Gasteiger partial charge in [0.1, 0.15) is 0 Å². The molecule has 0 aliphatic carbocycles. The van der Waals surface area contributed by atoms with Crippen LogP contribution in [0, 0.1) is 0 Å². The van der Waals surface area contributed by atoms with E-state index in [-0.39, 0.29) is 0 Å². The normalized spacial score (nSPS) is 13.8. The standard InChI is InChI=1S/C20H42O4Si/c1-20(2,3)25(4,5)24-17-15-13-11-9-7-6-8-10-12-14-16-18(21)19(22)23/h18,21H,6-17H2,1-5H3,(H,22,23)/t18-/m0/s1. The van der Waals surface area contributed by atoms with E-state index in [1.54, 1.807) is 0 Å². The zero-order valence-electron chi connectivity index (χ0n) is 17.3. The Hall–Kier alpha value is -0.393. The summed E-state index contributed by atoms with van der Waals surface area (Å²) in [5.74, 6) is -1.10. The maximum absolute atomic E-state index is 10.5. The van der Waals surface area contributed by atoms with E-state index >= 15 is 0 Å². The van der Waals surface area contributed by atoms with Crippen LogP contribution in [0.2, 0.25) is 18.1 Å². The predicted molar refractivity (Wildman–Crippen MR) is 108 cm³/mol. The van der Waals surface area contributed by atoms with Crippen molar-refractivity contribution in [2.45, 2.75) is 116 Å². The lowest BCUT2D eigenvalue weighted by Gasteiger charge is -2.36. The van der Waals surface area contributed by atoms with Crippen molar-refractivity contribution < 1.29 is 19.4 Å². The molecule has 0 saturated carbocycles. The van der Waals surface area contributed by atoms with Crippen molar-refractivity contribution >= 4 is 14.3 Å². The molecule has 0 aromatic heterocycles. The summed E-state index contributed by atoms with van der Waals surface area (Å²) in [6, 6.07) is 0. The highest BCUT2D eigenvalue weighted by Gasteiger charge is 2.36. The van der Waals surface area contributed by atoms with Gasteiger partial charge in [0.25, 0.3) is 0 Å². The van der Waals surface area contributed by atoms with Crippen LogP contribution in [0.3, 0.4) is 0 Å². The molecule has 25 heavy (non-hydrogen) atoms. The van der Waals surface area contributed by atoms with Crippen LogP contribution in [0.15, 0.2) is 0 Å². The summed E-state index contributed by atoms with van der Waals surface area (Å²) in [5, 5.41) is 18.0. The molecular formula is C20H42O4Si. The van der Waals surface area contributed by atoms with E-state index in [1.165, 1.54) is 44.9 Å². The number of aliphatic carboxylic acids is 1. The van der Waals surface area contributed by atoms with E-state index in [2.05, 4.69) is 33.9 Å². The number of hydrogen-bond acceptors (Lipinski definition) is 3. The summed E-state index contributed by atoms with van der Waals surface area (Å²) in [6.45, 7) is 12.4. The fourth-order valence-electron chi connectivity index (χ4n) is 2.52. The van der Waals surface area contributed by atoms with E-state index in [1.807, 2.05) is 0 Å². The molecule has 0 heterocycles. The molecule has 0 bridgehead atoms. The van der Waals surface area contributed by atoms with Crippen molar-refractivity contribution in [3.8, 4) is 0 Å². The van der Waals surface area contributed by atoms with Crippen molar-refractivity contribution in [1.29, 1.82) is 0 Å². The number of carboxylic acids is 1. The van der Waals surface area contributed by atoms with E-state index in [0.717, 1.165) is 25.9 Å². The molecule has 150 valence electrons. The molecule has 0 spiro atoms. The first-order valence-corrected chi connectivity index (χ1v) is 13.0. The Balaban J connectivity index is 3.34. The van der Waals surface area contributed by atoms with Crippen molar-refractivity contribution in [1.82, 2.24) is 0 Å². The van der Waals surface area contributed by atoms with E-state index < -0.39 is 20.4 Å². The first-order valence-electron chi connectivity index (χ1n) is 10.1. The van der Waals surface area contributed by atoms with Crippen LogP contribution in [0.5, 0.6) is 0 Å². The molecular weight excluding hydrogens is 332 g/mol. The van der Waals surface area contributed by atoms with E-state index in [4.69, 9.17) is 14.6 Å². The lowest BCUT2D eigenvalue weighted by Crippen LogP contribution is -2.40. The van der Waals surface area contributed by atoms with Gasteiger partial charge in [-0.05, 0) is 31.0 Å². The minimum absolute atomic E-state index is 0.304. The average molecular weight is 375 g/mol. The molecule has 0 unspecified atom stereocenters. The van der Waals surface area contributed by atoms with Gasteiger partial charge in [0.2, 0.25) is 0 Å². The molecule has 0 aromatic rings. The van der Waals surface area contributed by atoms with Crippen LogP contribution < -0.4 is 0 Å². The van der Waals surface area contributed by atoms with Gasteiger partial charge in [-0.3, -0.25) is 0 Å². The zero-order valence-corrected chi connectivity index (χ0v) is 18.3. The molecule has 0 saturated heterocycles. The molecule has 0 amide bonds. The topological polar surface area (TPSA) is 66.8 Å². The van der Waals surface area contributed by atoms with Crippen LogP contribution in [0.1, 0.15) is 91.4 Å². The Morgan fingerprint density at radius 2 is 1.28 bits per heavy atom. The van der Waals surface area contributed by atoms with Crippen molar-refractivity contribution in [2.75, 3.05) is 6.61 Å². The van der Waals surface area contributed by atoms with E-state index in [0.29, 0.717) is 11.5 Å². The second kappa shape index (κ2) is 12.9. The van der Waals surface area contributed by atoms with Gasteiger partial charge in [-0.15, -0.1) is 0 Å². The maximum atomic E-state index is 10.5. The number of unbranched alkanes of at least 4 members (excludes halogenated alkanes) is 9. The SMILES string of the molecule is CC(C)(C)[Si](C)(C)OCCCCCCCCCCCC[C@H](O)C(=O)O. The van der Waals surface area contributed by atoms with Crippen LogP contribution >= 0.6 is 0 Å². The molecule has 1 atom stereocenters. The molecule has 0 rings (SSSR count). The molecule has 2 N–H and O–H groups in total. The predicted octanol–water partition coefficient (Wildman–Crippen LogP) is 5.74. The third kappa shape index (κ3) is 12.6. The van der Waals surface area contributed by atoms with Crippen LogP contribution in [0.4, 0.5) is 0 Å². The minimum atomic E-state index is -1.56. The average Bonchev–Trinajstić information content (AvgIpc) is 2.50. The first kappa shape index (κ1) is 24.6. The minimum Gasteiger partial charge on any atom is -0.479 e. The Labute approximate surface area is 156 Å². The third-order valence-electron chi connectivity index (χ3n) is 5.43. The molecule has 0 radical (unpaired) electrons. The van der Waals surface area contributed by atoms with Crippen molar-refractivity contribution in [3.05, 3.63) is 0 Å². The van der Waals surface area contributed by atoms with Gasteiger partial charge in [0.05, 0.1) is 0 Å². The van der Waals surface area contributed by atoms with Gasteiger partial charge in [0.15, 0.2) is 14.4 Å². The second-order valence-electron chi connectivity index (χ2n) is 8.79. The highest BCUT2D eigenvalue weighted by molar-refractivity contribution is 6.74. The van der Waals surface area contributed by atoms with Crippen LogP contribution in [-0.2, 0) is 9.22 Å². The van der Waals surface area contributed by atoms with Crippen molar-refractivity contribution in [2.24, 2.45) is 0 Å². The lowest BCUT2D eigenvalue weighted by molar-refractivity contribution is -0.146. The lowest BCUT2D eigenvalue weighted by atomic mass is 10.0. The summed E-state index contributed by atoms with van der Waals surface area (Å²) in [4.78, 5) is 10.5. The smallest absolute Gasteiger partial charge is 0.332 e. The fourth-order valence-corrected chi connectivity index (χ4v) is 3.61. The van der Waals surface area contributed by atoms with Crippen molar-refractivity contribution in [3.63, 3.8) is 0 Å². The largest absolute Gasteiger partial charge is 0.479 e. The Kier molecular flexibility index (Phi) is 12.7. The number of aliphatic hydroxyl groups is 1. The summed E-state index contributed by atoms with van der Waals surface area (Å²) >= 11 is 0. The van der Waals surface area contributed by atoms with Gasteiger partial charge in [0, 0.05) is 6.61 Å². The summed E-state index contributed by atoms with van der Waals surface area (Å²) in [6.07, 6.45) is 11.0. The second-order valence-corrected chi connectivity index (χ2v) is 13.6. The summed E-state index contributed by atoms with van der Waals surface area (Å²) in [7, 11) is -1.56. The fraction of sp³-hybridized carbons (Fsp3) is 0.950. The molecule has 0 fully saturated rings. The summed E-state index contributed by atoms with van der Waals surface area (Å²) < 4.78 is 6.19. The monoisotopic (exact) mass is 374 g/mol. The van der Waals surface area contributed by atoms with Crippen LogP contribution in [-0.4, -0.2) is 37.2 Å². The Morgan fingerprint density at radius 1 is 0.880 bits per heavy atom. The van der Waals surface area contributed by atoms with Gasteiger partial charge in [-0.25, -0.2) is 4.79 Å². The van der Waals surface area contributed by atoms with Gasteiger partial charge < -0.3 is 14.6 Å². The molecule has 0 aromatic carbocycles. The van der Waals surface area contributed by atoms with Gasteiger partial charge in [-0.1, -0.05) is 78.6 Å². The Bertz CT molecular complexity index is 350. The number of hydrogen-bond donors (Lipinski definition) is 2. The van der Waals surface area contributed by atoms with Gasteiger partial charge in [-0.2, -0.15) is 0 Å². The van der Waals surface area contributed by atoms with E-state index in [9.17, 15) is 4.79 Å². The highest BCUT2D eigenvalue weighted by Crippen LogP contribution is 2.36. The quantitative estimate of drug-likeness (QED) is 0.283. The number of carboxylic acid groups (broad SMARTS) is 1. The third-order valence-corrected chi connectivity index (χ3v) is 9.96. The molecule has 5 heteroatoms. The zero-order chi connectivity index (χ0) is 19.3. The highest BCUT2D eigenvalue weighted by atomic mass is 28.4. The van der Waals surface area contributed by atoms with Gasteiger partial charge >= 0.3 is 5.97 Å². The first-order chi connectivity index (χ1) is 11.6. The molecule has 4 nitrogen and oxygen atoms in total. The number of rotatable bonds is 15. The number of aliphatic hydroxyl groups excluding tert-OH is 1. The molecule has 0 aliphatic rings. The molecule has 0 aliphatic heterocycles.